The maximum atomic E-state index is 12.2. The van der Waals surface area contributed by atoms with Crippen molar-refractivity contribution in [3.8, 4) is 11.4 Å². The van der Waals surface area contributed by atoms with Crippen molar-refractivity contribution in [3.63, 3.8) is 0 Å². The van der Waals surface area contributed by atoms with E-state index in [4.69, 9.17) is 0 Å². The second-order valence-electron chi connectivity index (χ2n) is 4.96. The summed E-state index contributed by atoms with van der Waals surface area (Å²) in [6, 6.07) is 15.1. The number of hydrogen-bond donors (Lipinski definition) is 1. The Morgan fingerprint density at radius 1 is 1.05 bits per heavy atom. The number of H-pyrrole nitrogens is 1. The van der Waals surface area contributed by atoms with Crippen LogP contribution in [0.3, 0.4) is 0 Å². The molecule has 1 N–H and O–H groups in total. The molecule has 0 fully saturated rings. The number of para-hydroxylation sites is 2. The first-order chi connectivity index (χ1) is 10.7. The van der Waals surface area contributed by atoms with E-state index in [1.54, 1.807) is 12.3 Å². The smallest absolute Gasteiger partial charge is 0.259 e. The SMILES string of the molecule is O=c1[nH]c(-c2cccc3cc(Br)cnc23)nc2ccccc12. The zero-order chi connectivity index (χ0) is 15.1. The molecule has 0 aliphatic carbocycles. The van der Waals surface area contributed by atoms with Gasteiger partial charge in [-0.2, -0.15) is 0 Å². The fourth-order valence-electron chi connectivity index (χ4n) is 2.54. The number of benzene rings is 2. The van der Waals surface area contributed by atoms with Gasteiger partial charge in [0.1, 0.15) is 5.82 Å². The van der Waals surface area contributed by atoms with Crippen molar-refractivity contribution in [2.45, 2.75) is 0 Å². The predicted octanol–water partition coefficient (Wildman–Crippen LogP) is 3.90. The quantitative estimate of drug-likeness (QED) is 0.565. The maximum absolute atomic E-state index is 12.2. The summed E-state index contributed by atoms with van der Waals surface area (Å²) < 4.78 is 0.914. The fourth-order valence-corrected chi connectivity index (χ4v) is 2.89. The van der Waals surface area contributed by atoms with E-state index >= 15 is 0 Å². The van der Waals surface area contributed by atoms with Gasteiger partial charge in [0, 0.05) is 21.6 Å². The fraction of sp³-hybridized carbons (Fsp3) is 0. The standard InChI is InChI=1S/C17H10BrN3O/c18-11-8-10-4-3-6-13(15(10)19-9-11)16-20-14-7-2-1-5-12(14)17(22)21-16/h1-9H,(H,20,21,22). The lowest BCUT2D eigenvalue weighted by Gasteiger charge is -2.06. The van der Waals surface area contributed by atoms with E-state index in [1.807, 2.05) is 42.5 Å². The summed E-state index contributed by atoms with van der Waals surface area (Å²) in [5.74, 6) is 0.532. The van der Waals surface area contributed by atoms with Gasteiger partial charge < -0.3 is 4.98 Å². The molecule has 4 aromatic rings. The minimum absolute atomic E-state index is 0.144. The van der Waals surface area contributed by atoms with Crippen molar-refractivity contribution < 1.29 is 0 Å². The molecular weight excluding hydrogens is 342 g/mol. The highest BCUT2D eigenvalue weighted by atomic mass is 79.9. The Hall–Kier alpha value is -2.53. The lowest BCUT2D eigenvalue weighted by atomic mass is 10.1. The van der Waals surface area contributed by atoms with Gasteiger partial charge in [-0.1, -0.05) is 24.3 Å². The monoisotopic (exact) mass is 351 g/mol. The first-order valence-corrected chi connectivity index (χ1v) is 7.55. The highest BCUT2D eigenvalue weighted by molar-refractivity contribution is 9.10. The molecular formula is C17H10BrN3O. The highest BCUT2D eigenvalue weighted by Gasteiger charge is 2.10. The Morgan fingerprint density at radius 3 is 2.82 bits per heavy atom. The van der Waals surface area contributed by atoms with Crippen molar-refractivity contribution in [3.05, 3.63) is 69.6 Å². The Balaban J connectivity index is 2.05. The van der Waals surface area contributed by atoms with Crippen LogP contribution in [0.15, 0.2) is 64.0 Å². The van der Waals surface area contributed by atoms with E-state index < -0.39 is 0 Å². The van der Waals surface area contributed by atoms with Crippen LogP contribution >= 0.6 is 15.9 Å². The van der Waals surface area contributed by atoms with Crippen molar-refractivity contribution in [1.82, 2.24) is 15.0 Å². The van der Waals surface area contributed by atoms with Gasteiger partial charge in [0.25, 0.3) is 5.56 Å². The van der Waals surface area contributed by atoms with Crippen LogP contribution in [0, 0.1) is 0 Å². The third-order valence-corrected chi connectivity index (χ3v) is 3.98. The lowest BCUT2D eigenvalue weighted by Crippen LogP contribution is -2.09. The predicted molar refractivity (Wildman–Crippen MR) is 90.8 cm³/mol. The first kappa shape index (κ1) is 13.2. The number of fused-ring (bicyclic) bond motifs is 2. The molecule has 0 aliphatic rings. The van der Waals surface area contributed by atoms with Crippen LogP contribution in [-0.4, -0.2) is 15.0 Å². The molecule has 2 heterocycles. The van der Waals surface area contributed by atoms with Crippen LogP contribution in [0.5, 0.6) is 0 Å². The molecule has 2 aromatic heterocycles. The zero-order valence-electron chi connectivity index (χ0n) is 11.4. The third-order valence-electron chi connectivity index (χ3n) is 3.55. The van der Waals surface area contributed by atoms with Gasteiger partial charge in [0.2, 0.25) is 0 Å². The summed E-state index contributed by atoms with van der Waals surface area (Å²) >= 11 is 3.42. The van der Waals surface area contributed by atoms with E-state index in [-0.39, 0.29) is 5.56 Å². The van der Waals surface area contributed by atoms with Gasteiger partial charge >= 0.3 is 0 Å². The van der Waals surface area contributed by atoms with E-state index in [1.165, 1.54) is 0 Å². The first-order valence-electron chi connectivity index (χ1n) is 6.76. The number of halogens is 1. The summed E-state index contributed by atoms with van der Waals surface area (Å²) in [6.07, 6.45) is 1.74. The van der Waals surface area contributed by atoms with Gasteiger partial charge in [-0.15, -0.1) is 0 Å². The minimum Gasteiger partial charge on any atom is -0.306 e. The van der Waals surface area contributed by atoms with Crippen LogP contribution in [-0.2, 0) is 0 Å². The average molecular weight is 352 g/mol. The van der Waals surface area contributed by atoms with Gasteiger partial charge in [-0.3, -0.25) is 9.78 Å². The van der Waals surface area contributed by atoms with Crippen LogP contribution < -0.4 is 5.56 Å². The second-order valence-corrected chi connectivity index (χ2v) is 5.88. The molecule has 0 unspecified atom stereocenters. The number of aromatic amines is 1. The molecule has 0 amide bonds. The minimum atomic E-state index is -0.144. The average Bonchev–Trinajstić information content (AvgIpc) is 2.54. The topological polar surface area (TPSA) is 58.6 Å². The number of pyridine rings is 1. The van der Waals surface area contributed by atoms with Gasteiger partial charge in [0.05, 0.1) is 16.4 Å². The molecule has 22 heavy (non-hydrogen) atoms. The number of hydrogen-bond acceptors (Lipinski definition) is 3. The molecule has 0 aliphatic heterocycles. The molecule has 0 spiro atoms. The molecule has 5 heteroatoms. The Morgan fingerprint density at radius 2 is 1.91 bits per heavy atom. The third kappa shape index (κ3) is 2.10. The van der Waals surface area contributed by atoms with E-state index in [0.29, 0.717) is 16.7 Å². The van der Waals surface area contributed by atoms with Gasteiger partial charge in [-0.25, -0.2) is 4.98 Å². The summed E-state index contributed by atoms with van der Waals surface area (Å²) in [4.78, 5) is 24.1. The van der Waals surface area contributed by atoms with Crippen molar-refractivity contribution >= 4 is 37.7 Å². The van der Waals surface area contributed by atoms with Gasteiger partial charge in [-0.05, 0) is 40.2 Å². The van der Waals surface area contributed by atoms with E-state index in [9.17, 15) is 4.79 Å². The van der Waals surface area contributed by atoms with Crippen molar-refractivity contribution in [2.24, 2.45) is 0 Å². The number of nitrogens with one attached hydrogen (secondary N) is 1. The van der Waals surface area contributed by atoms with E-state index in [2.05, 4.69) is 30.9 Å². The maximum Gasteiger partial charge on any atom is 0.259 e. The number of aromatic nitrogens is 3. The Labute approximate surface area is 134 Å². The van der Waals surface area contributed by atoms with Crippen LogP contribution in [0.25, 0.3) is 33.2 Å². The molecule has 0 radical (unpaired) electrons. The Kier molecular flexibility index (Phi) is 3.01. The molecule has 2 aromatic carbocycles. The van der Waals surface area contributed by atoms with Gasteiger partial charge in [0.15, 0.2) is 0 Å². The van der Waals surface area contributed by atoms with Crippen LogP contribution in [0.2, 0.25) is 0 Å². The zero-order valence-corrected chi connectivity index (χ0v) is 13.0. The largest absolute Gasteiger partial charge is 0.306 e. The highest BCUT2D eigenvalue weighted by Crippen LogP contribution is 2.26. The molecule has 4 rings (SSSR count). The molecule has 0 saturated carbocycles. The van der Waals surface area contributed by atoms with E-state index in [0.717, 1.165) is 20.9 Å². The molecule has 0 atom stereocenters. The molecule has 4 nitrogen and oxygen atoms in total. The normalized spacial score (nSPS) is 11.1. The summed E-state index contributed by atoms with van der Waals surface area (Å²) in [5, 5.41) is 1.57. The Bertz CT molecular complexity index is 1070. The van der Waals surface area contributed by atoms with Crippen LogP contribution in [0.1, 0.15) is 0 Å². The molecule has 0 saturated heterocycles. The van der Waals surface area contributed by atoms with Crippen molar-refractivity contribution in [2.75, 3.05) is 0 Å². The summed E-state index contributed by atoms with van der Waals surface area (Å²) in [7, 11) is 0. The number of rotatable bonds is 1. The van der Waals surface area contributed by atoms with Crippen molar-refractivity contribution in [1.29, 1.82) is 0 Å². The number of nitrogens with zero attached hydrogens (tertiary/aromatic N) is 2. The van der Waals surface area contributed by atoms with Crippen LogP contribution in [0.4, 0.5) is 0 Å². The summed E-state index contributed by atoms with van der Waals surface area (Å²) in [5.41, 5.74) is 2.15. The second kappa shape index (κ2) is 5.03. The lowest BCUT2D eigenvalue weighted by molar-refractivity contribution is 1.18. The molecule has 106 valence electrons. The molecule has 0 bridgehead atoms. The summed E-state index contributed by atoms with van der Waals surface area (Å²) in [6.45, 7) is 0.